The fraction of sp³-hybridized carbons (Fsp3) is 0.462. The molecule has 1 aliphatic rings. The molecule has 2 aromatic carbocycles. The van der Waals surface area contributed by atoms with Crippen LogP contribution in [0, 0.1) is 5.92 Å². The third-order valence-corrected chi connectivity index (χ3v) is 7.62. The van der Waals surface area contributed by atoms with Crippen LogP contribution >= 0.6 is 0 Å². The molecule has 35 heavy (non-hydrogen) atoms. The van der Waals surface area contributed by atoms with Crippen molar-refractivity contribution >= 4 is 27.5 Å². The highest BCUT2D eigenvalue weighted by Gasteiger charge is 2.30. The lowest BCUT2D eigenvalue weighted by atomic mass is 10.1. The molecule has 0 saturated carbocycles. The van der Waals surface area contributed by atoms with Crippen LogP contribution in [0.3, 0.4) is 0 Å². The second kappa shape index (κ2) is 11.8. The first-order valence-corrected chi connectivity index (χ1v) is 13.5. The lowest BCUT2D eigenvalue weighted by Gasteiger charge is -2.22. The summed E-state index contributed by atoms with van der Waals surface area (Å²) in [7, 11) is -1.88. The van der Waals surface area contributed by atoms with E-state index in [1.54, 1.807) is 17.0 Å². The molecule has 1 atom stereocenters. The summed E-state index contributed by atoms with van der Waals surface area (Å²) >= 11 is 0. The minimum absolute atomic E-state index is 0.0692. The van der Waals surface area contributed by atoms with Gasteiger partial charge in [0.2, 0.25) is 21.8 Å². The van der Waals surface area contributed by atoms with Crippen molar-refractivity contribution in [2.75, 3.05) is 31.6 Å². The Morgan fingerprint density at radius 1 is 1.11 bits per heavy atom. The maximum absolute atomic E-state index is 13.1. The summed E-state index contributed by atoms with van der Waals surface area (Å²) in [4.78, 5) is 28.5. The largest absolute Gasteiger partial charge is 0.355 e. The summed E-state index contributed by atoms with van der Waals surface area (Å²) in [5, 5.41) is 2.88. The number of carbonyl (C=O) groups excluding carboxylic acids is 2. The quantitative estimate of drug-likeness (QED) is 0.462. The van der Waals surface area contributed by atoms with Crippen molar-refractivity contribution in [2.24, 2.45) is 5.92 Å². The van der Waals surface area contributed by atoms with Gasteiger partial charge in [-0.05, 0) is 61.7 Å². The van der Waals surface area contributed by atoms with Crippen LogP contribution in [0.4, 0.5) is 5.69 Å². The number of nitrogens with one attached hydrogen (secondary N) is 2. The number of sulfonamides is 1. The van der Waals surface area contributed by atoms with Gasteiger partial charge in [-0.25, -0.2) is 8.42 Å². The van der Waals surface area contributed by atoms with Crippen LogP contribution in [0.1, 0.15) is 38.3 Å². The van der Waals surface area contributed by atoms with E-state index in [0.29, 0.717) is 19.5 Å². The Balaban J connectivity index is 1.55. The third-order valence-electron chi connectivity index (χ3n) is 6.18. The lowest BCUT2D eigenvalue weighted by molar-refractivity contribution is -0.123. The average molecular weight is 501 g/mol. The van der Waals surface area contributed by atoms with E-state index in [1.807, 2.05) is 39.1 Å². The van der Waals surface area contributed by atoms with Crippen molar-refractivity contribution in [1.82, 2.24) is 14.9 Å². The molecule has 0 radical (unpaired) electrons. The van der Waals surface area contributed by atoms with Crippen molar-refractivity contribution < 1.29 is 18.0 Å². The van der Waals surface area contributed by atoms with Gasteiger partial charge in [0.25, 0.3) is 0 Å². The summed E-state index contributed by atoms with van der Waals surface area (Å²) in [6.45, 7) is 7.76. The van der Waals surface area contributed by atoms with Gasteiger partial charge in [-0.2, -0.15) is 4.72 Å². The van der Waals surface area contributed by atoms with Gasteiger partial charge >= 0.3 is 0 Å². The molecule has 0 aromatic heterocycles. The molecule has 3 rings (SSSR count). The normalized spacial score (nSPS) is 14.3. The molecule has 0 unspecified atom stereocenters. The van der Waals surface area contributed by atoms with E-state index in [0.717, 1.165) is 30.8 Å². The molecule has 8 nitrogen and oxygen atoms in total. The molecule has 1 aliphatic heterocycles. The Hall–Kier alpha value is -2.75. The van der Waals surface area contributed by atoms with Crippen molar-refractivity contribution in [3.8, 4) is 0 Å². The highest BCUT2D eigenvalue weighted by atomic mass is 32.2. The highest BCUT2D eigenvalue weighted by molar-refractivity contribution is 7.89. The fourth-order valence-electron chi connectivity index (χ4n) is 4.24. The highest BCUT2D eigenvalue weighted by Crippen LogP contribution is 2.30. The summed E-state index contributed by atoms with van der Waals surface area (Å²) in [6.07, 6.45) is 1.36. The Kier molecular flexibility index (Phi) is 9.04. The fourth-order valence-corrected chi connectivity index (χ4v) is 5.64. The van der Waals surface area contributed by atoms with Crippen LogP contribution in [0.15, 0.2) is 53.4 Å². The molecule has 2 amide bonds. The van der Waals surface area contributed by atoms with Crippen LogP contribution in [0.2, 0.25) is 0 Å². The lowest BCUT2D eigenvalue weighted by Crippen LogP contribution is -2.49. The molecule has 0 spiro atoms. The summed E-state index contributed by atoms with van der Waals surface area (Å²) in [5.41, 5.74) is 2.79. The molecular weight excluding hydrogens is 464 g/mol. The molecule has 0 bridgehead atoms. The summed E-state index contributed by atoms with van der Waals surface area (Å²) in [5.74, 6) is -0.633. The Morgan fingerprint density at radius 2 is 1.83 bits per heavy atom. The van der Waals surface area contributed by atoms with Gasteiger partial charge in [-0.15, -0.1) is 0 Å². The zero-order valence-corrected chi connectivity index (χ0v) is 21.8. The van der Waals surface area contributed by atoms with Crippen LogP contribution in [0.5, 0.6) is 0 Å². The minimum Gasteiger partial charge on any atom is -0.355 e. The van der Waals surface area contributed by atoms with E-state index >= 15 is 0 Å². The molecule has 0 fully saturated rings. The molecule has 2 aromatic rings. The predicted octanol–water partition coefficient (Wildman–Crippen LogP) is 2.54. The number of hydrogen-bond donors (Lipinski definition) is 2. The summed E-state index contributed by atoms with van der Waals surface area (Å²) < 4.78 is 28.7. The molecular formula is C26H36N4O4S. The maximum Gasteiger partial charge on any atom is 0.241 e. The second-order valence-corrected chi connectivity index (χ2v) is 11.1. The number of amides is 2. The van der Waals surface area contributed by atoms with Crippen LogP contribution < -0.4 is 14.9 Å². The first kappa shape index (κ1) is 26.8. The average Bonchev–Trinajstić information content (AvgIpc) is 3.24. The number of carbonyl (C=O) groups is 2. The zero-order valence-electron chi connectivity index (χ0n) is 21.0. The first-order chi connectivity index (χ1) is 16.6. The molecule has 9 heteroatoms. The third kappa shape index (κ3) is 7.13. The summed E-state index contributed by atoms with van der Waals surface area (Å²) in [6, 6.07) is 14.0. The minimum atomic E-state index is -3.91. The van der Waals surface area contributed by atoms with Crippen molar-refractivity contribution in [2.45, 2.75) is 51.1 Å². The van der Waals surface area contributed by atoms with Gasteiger partial charge in [0.1, 0.15) is 6.04 Å². The Morgan fingerprint density at radius 3 is 2.49 bits per heavy atom. The van der Waals surface area contributed by atoms with Gasteiger partial charge < -0.3 is 15.1 Å². The van der Waals surface area contributed by atoms with E-state index in [-0.39, 0.29) is 22.6 Å². The predicted molar refractivity (Wildman–Crippen MR) is 138 cm³/mol. The smallest absolute Gasteiger partial charge is 0.241 e. The number of rotatable bonds is 11. The van der Waals surface area contributed by atoms with Gasteiger partial charge in [0, 0.05) is 32.2 Å². The number of anilines is 1. The number of hydrogen-bond acceptors (Lipinski definition) is 5. The number of fused-ring (bicyclic) bond motifs is 1. The molecule has 2 N–H and O–H groups in total. The van der Waals surface area contributed by atoms with E-state index in [2.05, 4.69) is 27.1 Å². The monoisotopic (exact) mass is 500 g/mol. The zero-order chi connectivity index (χ0) is 25.6. The van der Waals surface area contributed by atoms with E-state index in [4.69, 9.17) is 0 Å². The molecule has 190 valence electrons. The number of benzene rings is 2. The van der Waals surface area contributed by atoms with E-state index in [1.165, 1.54) is 18.6 Å². The number of nitrogens with zero attached hydrogens (tertiary/aromatic N) is 2. The SMILES string of the molecule is CC(=O)N1CCc2cc(S(=O)(=O)N[C@@H](C(=O)NCCCN(C)Cc3ccccc3)C(C)C)ccc21. The standard InChI is InChI=1S/C26H36N4O4S/c1-19(2)25(26(32)27-14-8-15-29(4)18-21-9-6-5-7-10-21)28-35(33,34)23-11-12-24-22(17-23)13-16-30(24)20(3)31/h5-7,9-12,17,19,25,28H,8,13-16,18H2,1-4H3,(H,27,32)/t25-/m1/s1. The van der Waals surface area contributed by atoms with Crippen molar-refractivity contribution in [3.05, 3.63) is 59.7 Å². The van der Waals surface area contributed by atoms with Gasteiger partial charge in [-0.1, -0.05) is 44.2 Å². The first-order valence-electron chi connectivity index (χ1n) is 12.0. The van der Waals surface area contributed by atoms with Gasteiger partial charge in [0.15, 0.2) is 0 Å². The van der Waals surface area contributed by atoms with Crippen LogP contribution in [0.25, 0.3) is 0 Å². The molecule has 0 aliphatic carbocycles. The van der Waals surface area contributed by atoms with Crippen molar-refractivity contribution in [1.29, 1.82) is 0 Å². The molecule has 0 saturated heterocycles. The van der Waals surface area contributed by atoms with E-state index in [9.17, 15) is 18.0 Å². The van der Waals surface area contributed by atoms with Crippen LogP contribution in [-0.4, -0.2) is 57.9 Å². The second-order valence-electron chi connectivity index (χ2n) is 9.42. The van der Waals surface area contributed by atoms with E-state index < -0.39 is 16.1 Å². The maximum atomic E-state index is 13.1. The van der Waals surface area contributed by atoms with Crippen LogP contribution in [-0.2, 0) is 32.6 Å². The van der Waals surface area contributed by atoms with Gasteiger partial charge in [0.05, 0.1) is 4.90 Å². The molecule has 1 heterocycles. The Bertz CT molecular complexity index is 1140. The van der Waals surface area contributed by atoms with Gasteiger partial charge in [-0.3, -0.25) is 9.59 Å². The Labute approximate surface area is 208 Å². The topological polar surface area (TPSA) is 98.8 Å². The van der Waals surface area contributed by atoms with Crippen molar-refractivity contribution in [3.63, 3.8) is 0 Å².